The van der Waals surface area contributed by atoms with E-state index in [2.05, 4.69) is 34.6 Å². The minimum Gasteiger partial charge on any atom is -0.0625 e. The first kappa shape index (κ1) is 9.55. The van der Waals surface area contributed by atoms with E-state index in [1.54, 1.807) is 0 Å². The molecule has 0 aromatic carbocycles. The van der Waals surface area contributed by atoms with Crippen molar-refractivity contribution in [3.63, 3.8) is 0 Å². The maximum atomic E-state index is 2.49. The molecule has 3 rings (SSSR count). The van der Waals surface area contributed by atoms with Gasteiger partial charge in [0, 0.05) is 0 Å². The molecule has 0 heteroatoms. The van der Waals surface area contributed by atoms with Crippen LogP contribution in [-0.2, 0) is 0 Å². The molecule has 0 saturated heterocycles. The molecule has 0 nitrogen and oxygen atoms in total. The van der Waals surface area contributed by atoms with Crippen molar-refractivity contribution in [2.45, 2.75) is 47.5 Å². The van der Waals surface area contributed by atoms with Crippen molar-refractivity contribution in [3.8, 4) is 0 Å². The third-order valence-corrected chi connectivity index (χ3v) is 5.27. The van der Waals surface area contributed by atoms with E-state index in [-0.39, 0.29) is 0 Å². The predicted octanol–water partition coefficient (Wildman–Crippen LogP) is 3.96. The summed E-state index contributed by atoms with van der Waals surface area (Å²) in [5.41, 5.74) is 0.671. The first-order valence-corrected chi connectivity index (χ1v) is 5.94. The van der Waals surface area contributed by atoms with Gasteiger partial charge >= 0.3 is 0 Å². The molecule has 3 aliphatic rings. The van der Waals surface area contributed by atoms with Crippen LogP contribution < -0.4 is 0 Å². The number of hydrogen-bond acceptors (Lipinski definition) is 0. The summed E-state index contributed by atoms with van der Waals surface area (Å²) in [6, 6.07) is 0. The van der Waals surface area contributed by atoms with Gasteiger partial charge in [-0.05, 0) is 47.8 Å². The van der Waals surface area contributed by atoms with Gasteiger partial charge < -0.3 is 0 Å². The molecule has 76 valence electrons. The molecule has 0 aromatic rings. The molecule has 3 saturated carbocycles. The molecule has 0 amide bonds. The lowest BCUT2D eigenvalue weighted by molar-refractivity contribution is -0.137. The Kier molecular flexibility index (Phi) is 2.02. The highest BCUT2D eigenvalue weighted by Crippen LogP contribution is 2.63. The summed E-state index contributed by atoms with van der Waals surface area (Å²) in [5.74, 6) is 4.95. The van der Waals surface area contributed by atoms with Gasteiger partial charge in [0.2, 0.25) is 0 Å². The Balaban J connectivity index is 2.12. The molecule has 3 fully saturated rings. The fourth-order valence-electron chi connectivity index (χ4n) is 4.07. The van der Waals surface area contributed by atoms with Gasteiger partial charge in [-0.1, -0.05) is 34.6 Å². The van der Waals surface area contributed by atoms with Crippen LogP contribution in [0.15, 0.2) is 0 Å². The highest BCUT2D eigenvalue weighted by Gasteiger charge is 2.56. The van der Waals surface area contributed by atoms with Crippen LogP contribution in [0.2, 0.25) is 0 Å². The first-order chi connectivity index (χ1) is 5.94. The zero-order valence-corrected chi connectivity index (χ0v) is 9.80. The zero-order chi connectivity index (χ0) is 9.80. The lowest BCUT2D eigenvalue weighted by atomic mass is 9.42. The summed E-state index contributed by atoms with van der Waals surface area (Å²) in [4.78, 5) is 0. The summed E-state index contributed by atoms with van der Waals surface area (Å²) in [5, 5.41) is 0. The highest BCUT2D eigenvalue weighted by atomic mass is 14.6. The van der Waals surface area contributed by atoms with E-state index < -0.39 is 0 Å². The van der Waals surface area contributed by atoms with Gasteiger partial charge in [-0.2, -0.15) is 0 Å². The summed E-state index contributed by atoms with van der Waals surface area (Å²) >= 11 is 0. The molecule has 0 aliphatic heterocycles. The van der Waals surface area contributed by atoms with Gasteiger partial charge in [0.25, 0.3) is 0 Å². The van der Waals surface area contributed by atoms with Gasteiger partial charge in [0.05, 0.1) is 0 Å². The van der Waals surface area contributed by atoms with Gasteiger partial charge in [-0.25, -0.2) is 0 Å². The fourth-order valence-corrected chi connectivity index (χ4v) is 4.07. The van der Waals surface area contributed by atoms with Crippen LogP contribution in [0.1, 0.15) is 47.5 Å². The van der Waals surface area contributed by atoms with Crippen molar-refractivity contribution in [1.29, 1.82) is 0 Å². The van der Waals surface area contributed by atoms with Crippen molar-refractivity contribution in [1.82, 2.24) is 0 Å². The molecule has 4 atom stereocenters. The smallest absolute Gasteiger partial charge is 0.0295 e. The first-order valence-electron chi connectivity index (χ1n) is 5.94. The molecule has 0 heterocycles. The Hall–Kier alpha value is 0. The quantitative estimate of drug-likeness (QED) is 0.573. The molecular formula is C13H24. The van der Waals surface area contributed by atoms with Crippen LogP contribution in [0.4, 0.5) is 0 Å². The highest BCUT2D eigenvalue weighted by molar-refractivity contribution is 5.05. The minimum absolute atomic E-state index is 0.671. The number of rotatable bonds is 1. The molecule has 3 aliphatic carbocycles. The Labute approximate surface area is 83.1 Å². The lowest BCUT2D eigenvalue weighted by Crippen LogP contribution is -2.55. The maximum absolute atomic E-state index is 2.49. The van der Waals surface area contributed by atoms with Crippen molar-refractivity contribution < 1.29 is 0 Å². The second-order valence-corrected chi connectivity index (χ2v) is 6.36. The van der Waals surface area contributed by atoms with E-state index in [4.69, 9.17) is 0 Å². The molecule has 2 unspecified atom stereocenters. The van der Waals surface area contributed by atoms with Crippen LogP contribution in [0.3, 0.4) is 0 Å². The van der Waals surface area contributed by atoms with E-state index in [0.717, 1.165) is 29.6 Å². The van der Waals surface area contributed by atoms with Crippen molar-refractivity contribution >= 4 is 0 Å². The van der Waals surface area contributed by atoms with Gasteiger partial charge in [0.1, 0.15) is 0 Å². The molecular weight excluding hydrogens is 156 g/mol. The second kappa shape index (κ2) is 2.74. The molecule has 0 radical (unpaired) electrons. The van der Waals surface area contributed by atoms with Crippen LogP contribution in [-0.4, -0.2) is 0 Å². The number of fused-ring (bicyclic) bond motifs is 2. The normalized spacial score (nSPS) is 47.5. The third-order valence-electron chi connectivity index (χ3n) is 5.27. The Morgan fingerprint density at radius 1 is 1.15 bits per heavy atom. The van der Waals surface area contributed by atoms with Gasteiger partial charge in [0.15, 0.2) is 0 Å². The number of hydrogen-bond donors (Lipinski definition) is 0. The van der Waals surface area contributed by atoms with Crippen LogP contribution in [0.25, 0.3) is 0 Å². The fraction of sp³-hybridized carbons (Fsp3) is 1.00. The topological polar surface area (TPSA) is 0 Å². The van der Waals surface area contributed by atoms with Gasteiger partial charge in [-0.15, -0.1) is 0 Å². The summed E-state index contributed by atoms with van der Waals surface area (Å²) in [7, 11) is 0. The Bertz CT molecular complexity index is 200. The largest absolute Gasteiger partial charge is 0.0625 e. The summed E-state index contributed by atoms with van der Waals surface area (Å²) in [6.45, 7) is 12.3. The monoisotopic (exact) mass is 180 g/mol. The van der Waals surface area contributed by atoms with Crippen LogP contribution >= 0.6 is 0 Å². The standard InChI is InChI=1S/C13H24/c1-8(2)11-6-10-7-12(9(11)3)13(10,4)5/h8-12H,6-7H2,1-5H3/t9-,10?,11?,12-/m0/s1. The van der Waals surface area contributed by atoms with Crippen LogP contribution in [0, 0.1) is 35.0 Å². The van der Waals surface area contributed by atoms with E-state index in [9.17, 15) is 0 Å². The van der Waals surface area contributed by atoms with Crippen molar-refractivity contribution in [2.24, 2.45) is 35.0 Å². The third kappa shape index (κ3) is 1.17. The minimum atomic E-state index is 0.671. The van der Waals surface area contributed by atoms with E-state index in [0.29, 0.717) is 5.41 Å². The van der Waals surface area contributed by atoms with E-state index in [1.165, 1.54) is 12.8 Å². The van der Waals surface area contributed by atoms with Crippen molar-refractivity contribution in [2.75, 3.05) is 0 Å². The van der Waals surface area contributed by atoms with Crippen molar-refractivity contribution in [3.05, 3.63) is 0 Å². The summed E-state index contributed by atoms with van der Waals surface area (Å²) < 4.78 is 0. The maximum Gasteiger partial charge on any atom is -0.0295 e. The lowest BCUT2D eigenvalue weighted by Gasteiger charge is -2.63. The Morgan fingerprint density at radius 2 is 1.77 bits per heavy atom. The van der Waals surface area contributed by atoms with E-state index in [1.807, 2.05) is 0 Å². The predicted molar refractivity (Wildman–Crippen MR) is 57.5 cm³/mol. The molecule has 0 spiro atoms. The Morgan fingerprint density at radius 3 is 2.15 bits per heavy atom. The second-order valence-electron chi connectivity index (χ2n) is 6.36. The molecule has 2 bridgehead atoms. The molecule has 0 aromatic heterocycles. The average Bonchev–Trinajstić information content (AvgIpc) is 2.02. The van der Waals surface area contributed by atoms with Gasteiger partial charge in [-0.3, -0.25) is 0 Å². The molecule has 0 N–H and O–H groups in total. The average molecular weight is 180 g/mol. The van der Waals surface area contributed by atoms with Crippen LogP contribution in [0.5, 0.6) is 0 Å². The summed E-state index contributed by atoms with van der Waals surface area (Å²) in [6.07, 6.45) is 3.03. The molecule has 13 heavy (non-hydrogen) atoms. The SMILES string of the molecule is CC(C)C1CC2C[C@@H]([C@H]1C)C2(C)C. The zero-order valence-electron chi connectivity index (χ0n) is 9.80. The van der Waals surface area contributed by atoms with E-state index >= 15 is 0 Å².